The van der Waals surface area contributed by atoms with Gasteiger partial charge in [-0.25, -0.2) is 23.4 Å². The molecule has 3 atom stereocenters. The maximum atomic E-state index is 13.5. The zero-order valence-corrected chi connectivity index (χ0v) is 18.4. The summed E-state index contributed by atoms with van der Waals surface area (Å²) < 4.78 is 30.5. The first-order valence-electron chi connectivity index (χ1n) is 11.1. The molecule has 1 aliphatic heterocycles. The van der Waals surface area contributed by atoms with Gasteiger partial charge in [0.25, 0.3) is 11.8 Å². The number of carbonyl (C=O) groups excluding carboxylic acids is 1. The Morgan fingerprint density at radius 2 is 2.06 bits per heavy atom. The van der Waals surface area contributed by atoms with Crippen LogP contribution >= 0.6 is 0 Å². The Bertz CT molecular complexity index is 1240. The summed E-state index contributed by atoms with van der Waals surface area (Å²) in [6.45, 7) is 3.01. The lowest BCUT2D eigenvalue weighted by atomic mass is 10.2. The SMILES string of the molecule is Cc1nc(N2CC3C(C2)C3(F)F)ccc1Cn1cc(C(=O)N[C@@H]2CCc3c2ncn3C)nn1. The number of imidazole rings is 1. The number of hydrogen-bond donors (Lipinski definition) is 1. The van der Waals surface area contributed by atoms with Crippen LogP contribution in [0.5, 0.6) is 0 Å². The zero-order chi connectivity index (χ0) is 22.9. The smallest absolute Gasteiger partial charge is 0.274 e. The van der Waals surface area contributed by atoms with E-state index in [1.165, 1.54) is 0 Å². The summed E-state index contributed by atoms with van der Waals surface area (Å²) in [5.74, 6) is -3.12. The molecule has 0 bridgehead atoms. The van der Waals surface area contributed by atoms with Gasteiger partial charge in [-0.15, -0.1) is 5.10 Å². The van der Waals surface area contributed by atoms with Crippen LogP contribution in [0.15, 0.2) is 24.7 Å². The molecule has 3 aromatic heterocycles. The second-order valence-corrected chi connectivity index (χ2v) is 9.26. The Balaban J connectivity index is 1.10. The summed E-state index contributed by atoms with van der Waals surface area (Å²) in [7, 11) is 1.96. The highest BCUT2D eigenvalue weighted by atomic mass is 19.3. The van der Waals surface area contributed by atoms with E-state index in [4.69, 9.17) is 0 Å². The number of fused-ring (bicyclic) bond motifs is 2. The van der Waals surface area contributed by atoms with Gasteiger partial charge in [0.2, 0.25) is 0 Å². The number of rotatable bonds is 5. The maximum absolute atomic E-state index is 13.5. The van der Waals surface area contributed by atoms with Crippen molar-refractivity contribution >= 4 is 11.7 Å². The van der Waals surface area contributed by atoms with Crippen LogP contribution in [0.4, 0.5) is 14.6 Å². The highest BCUT2D eigenvalue weighted by molar-refractivity contribution is 5.92. The van der Waals surface area contributed by atoms with Crippen LogP contribution in [0.2, 0.25) is 0 Å². The number of amides is 1. The fraction of sp³-hybridized carbons (Fsp3) is 0.500. The van der Waals surface area contributed by atoms with Gasteiger partial charge in [0.05, 0.1) is 42.6 Å². The van der Waals surface area contributed by atoms with Crippen LogP contribution in [0.25, 0.3) is 0 Å². The summed E-state index contributed by atoms with van der Waals surface area (Å²) in [5, 5.41) is 11.1. The molecule has 3 aromatic rings. The molecule has 2 fully saturated rings. The molecule has 3 aliphatic rings. The molecule has 6 rings (SSSR count). The third-order valence-electron chi connectivity index (χ3n) is 7.20. The Morgan fingerprint density at radius 3 is 2.82 bits per heavy atom. The van der Waals surface area contributed by atoms with Crippen LogP contribution in [0.1, 0.15) is 45.6 Å². The number of anilines is 1. The summed E-state index contributed by atoms with van der Waals surface area (Å²) in [4.78, 5) is 23.6. The molecule has 2 aliphatic carbocycles. The minimum atomic E-state index is -2.50. The molecule has 4 heterocycles. The summed E-state index contributed by atoms with van der Waals surface area (Å²) in [5.41, 5.74) is 4.04. The van der Waals surface area contributed by atoms with Crippen LogP contribution in [0, 0.1) is 18.8 Å². The zero-order valence-electron chi connectivity index (χ0n) is 18.4. The van der Waals surface area contributed by atoms with Gasteiger partial charge in [0, 0.05) is 31.5 Å². The average Bonchev–Trinajstić information content (AvgIpc) is 3.41. The van der Waals surface area contributed by atoms with Crippen molar-refractivity contribution in [1.29, 1.82) is 0 Å². The number of aromatic nitrogens is 6. The monoisotopic (exact) mass is 454 g/mol. The maximum Gasteiger partial charge on any atom is 0.274 e. The molecule has 1 saturated carbocycles. The molecule has 1 N–H and O–H groups in total. The van der Waals surface area contributed by atoms with Crippen molar-refractivity contribution < 1.29 is 13.6 Å². The lowest BCUT2D eigenvalue weighted by Crippen LogP contribution is -2.28. The lowest BCUT2D eigenvalue weighted by Gasteiger charge is -2.21. The van der Waals surface area contributed by atoms with Gasteiger partial charge in [-0.05, 0) is 31.4 Å². The van der Waals surface area contributed by atoms with E-state index in [1.54, 1.807) is 17.2 Å². The minimum absolute atomic E-state index is 0.116. The van der Waals surface area contributed by atoms with Crippen molar-refractivity contribution in [2.75, 3.05) is 18.0 Å². The molecular formula is C22H24F2N8O. The summed E-state index contributed by atoms with van der Waals surface area (Å²) in [6.07, 6.45) is 5.09. The normalized spacial score (nSPS) is 24.6. The minimum Gasteiger partial charge on any atom is -0.356 e. The number of hydrogen-bond acceptors (Lipinski definition) is 6. The fourth-order valence-corrected chi connectivity index (χ4v) is 5.13. The van der Waals surface area contributed by atoms with Gasteiger partial charge in [-0.2, -0.15) is 0 Å². The number of carbonyl (C=O) groups is 1. The van der Waals surface area contributed by atoms with Gasteiger partial charge >= 0.3 is 0 Å². The number of piperidine rings is 1. The highest BCUT2D eigenvalue weighted by Gasteiger charge is 2.71. The number of aryl methyl sites for hydroxylation is 2. The van der Waals surface area contributed by atoms with Crippen molar-refractivity contribution in [3.8, 4) is 0 Å². The predicted molar refractivity (Wildman–Crippen MR) is 114 cm³/mol. The second-order valence-electron chi connectivity index (χ2n) is 9.26. The molecule has 33 heavy (non-hydrogen) atoms. The van der Waals surface area contributed by atoms with E-state index in [0.29, 0.717) is 19.6 Å². The molecule has 0 radical (unpaired) electrons. The molecule has 2 unspecified atom stereocenters. The topological polar surface area (TPSA) is 93.8 Å². The Kier molecular flexibility index (Phi) is 4.33. The molecule has 0 aromatic carbocycles. The summed E-state index contributed by atoms with van der Waals surface area (Å²) >= 11 is 0. The molecular weight excluding hydrogens is 430 g/mol. The van der Waals surface area contributed by atoms with Crippen molar-refractivity contribution in [2.45, 2.75) is 38.3 Å². The van der Waals surface area contributed by atoms with Gasteiger partial charge in [-0.1, -0.05) is 11.3 Å². The predicted octanol–water partition coefficient (Wildman–Crippen LogP) is 1.88. The van der Waals surface area contributed by atoms with Crippen LogP contribution in [-0.2, 0) is 20.0 Å². The van der Waals surface area contributed by atoms with Gasteiger partial charge in [0.1, 0.15) is 5.82 Å². The van der Waals surface area contributed by atoms with Crippen molar-refractivity contribution in [2.24, 2.45) is 18.9 Å². The average molecular weight is 454 g/mol. The van der Waals surface area contributed by atoms with E-state index in [9.17, 15) is 13.6 Å². The Hall–Kier alpha value is -3.37. The van der Waals surface area contributed by atoms with Crippen LogP contribution in [0.3, 0.4) is 0 Å². The third kappa shape index (κ3) is 3.28. The molecule has 1 amide bonds. The van der Waals surface area contributed by atoms with Crippen molar-refractivity contribution in [1.82, 2.24) is 34.8 Å². The van der Waals surface area contributed by atoms with Gasteiger partial charge in [0.15, 0.2) is 5.69 Å². The third-order valence-corrected chi connectivity index (χ3v) is 7.20. The van der Waals surface area contributed by atoms with Crippen molar-refractivity contribution in [3.63, 3.8) is 0 Å². The first-order chi connectivity index (χ1) is 15.8. The van der Waals surface area contributed by atoms with E-state index in [-0.39, 0.29) is 17.6 Å². The Labute approximate surface area is 188 Å². The molecule has 172 valence electrons. The van der Waals surface area contributed by atoms with Gasteiger partial charge < -0.3 is 14.8 Å². The Morgan fingerprint density at radius 1 is 1.27 bits per heavy atom. The van der Waals surface area contributed by atoms with Crippen LogP contribution in [-0.4, -0.2) is 54.4 Å². The van der Waals surface area contributed by atoms with Gasteiger partial charge in [-0.3, -0.25) is 4.79 Å². The van der Waals surface area contributed by atoms with Crippen molar-refractivity contribution in [3.05, 3.63) is 53.0 Å². The molecule has 9 nitrogen and oxygen atoms in total. The quantitative estimate of drug-likeness (QED) is 0.633. The van der Waals surface area contributed by atoms with Crippen LogP contribution < -0.4 is 10.2 Å². The van der Waals surface area contributed by atoms with E-state index in [0.717, 1.165) is 41.3 Å². The van der Waals surface area contributed by atoms with E-state index in [1.807, 2.05) is 35.6 Å². The number of halogens is 2. The first kappa shape index (κ1) is 20.3. The number of nitrogens with one attached hydrogen (secondary N) is 1. The summed E-state index contributed by atoms with van der Waals surface area (Å²) in [6, 6.07) is 3.68. The lowest BCUT2D eigenvalue weighted by molar-refractivity contribution is 0.0796. The fourth-order valence-electron chi connectivity index (χ4n) is 5.13. The standard InChI is InChI=1S/C22H24F2N8O/c1-12-13(3-6-19(26-12)31-8-14-15(9-31)22(14,23)24)7-32-10-17(28-29-32)21(33)27-16-4-5-18-20(16)25-11-30(18)2/h3,6,10-11,14-16H,4-5,7-9H2,1-2H3,(H,27,33)/t14?,15?,16-/m1/s1. The largest absolute Gasteiger partial charge is 0.356 e. The van der Waals surface area contributed by atoms with E-state index < -0.39 is 17.8 Å². The highest BCUT2D eigenvalue weighted by Crippen LogP contribution is 2.59. The number of pyridine rings is 1. The van der Waals surface area contributed by atoms with E-state index >= 15 is 0 Å². The first-order valence-corrected chi connectivity index (χ1v) is 11.1. The molecule has 11 heteroatoms. The molecule has 1 saturated heterocycles. The van der Waals surface area contributed by atoms with E-state index in [2.05, 4.69) is 25.6 Å². The molecule has 0 spiro atoms. The number of nitrogens with zero attached hydrogens (tertiary/aromatic N) is 7. The second kappa shape index (κ2) is 7.06. The number of alkyl halides is 2.